The third-order valence-corrected chi connectivity index (χ3v) is 6.07. The Balaban J connectivity index is 2.25. The van der Waals surface area contributed by atoms with Gasteiger partial charge in [-0.15, -0.1) is 0 Å². The van der Waals surface area contributed by atoms with Crippen LogP contribution in [0.5, 0.6) is 5.75 Å². The molecule has 0 fully saturated rings. The summed E-state index contributed by atoms with van der Waals surface area (Å²) in [7, 11) is -2.53. The van der Waals surface area contributed by atoms with Gasteiger partial charge in [-0.2, -0.15) is 4.72 Å². The van der Waals surface area contributed by atoms with Crippen LogP contribution in [0.15, 0.2) is 41.3 Å². The quantitative estimate of drug-likeness (QED) is 0.736. The van der Waals surface area contributed by atoms with Gasteiger partial charge in [0.25, 0.3) is 0 Å². The fourth-order valence-electron chi connectivity index (χ4n) is 2.92. The van der Waals surface area contributed by atoms with Gasteiger partial charge in [0.15, 0.2) is 0 Å². The zero-order valence-electron chi connectivity index (χ0n) is 17.2. The molecule has 0 spiro atoms. The number of methoxy groups -OCH3 is 1. The number of anilines is 1. The van der Waals surface area contributed by atoms with Crippen LogP contribution < -0.4 is 14.8 Å². The summed E-state index contributed by atoms with van der Waals surface area (Å²) in [6, 6.07) is 9.72. The van der Waals surface area contributed by atoms with E-state index in [1.807, 2.05) is 39.0 Å². The summed E-state index contributed by atoms with van der Waals surface area (Å²) in [4.78, 5) is 12.7. The standard InChI is InChI=1S/C21H28N2O4S/c1-13(2)17-9-7-8-15(4)20(17)22-21(24)16(5)23-28(25,26)19-12-14(3)10-11-18(19)27-6/h7-13,16,23H,1-6H3,(H,22,24)/t16-/m0/s1. The second kappa shape index (κ2) is 8.75. The number of para-hydroxylation sites is 1. The van der Waals surface area contributed by atoms with Gasteiger partial charge in [-0.25, -0.2) is 8.42 Å². The summed E-state index contributed by atoms with van der Waals surface area (Å²) in [5.74, 6) is 0.0249. The number of amides is 1. The van der Waals surface area contributed by atoms with Gasteiger partial charge in [0.2, 0.25) is 15.9 Å². The molecule has 1 atom stereocenters. The van der Waals surface area contributed by atoms with E-state index in [9.17, 15) is 13.2 Å². The molecule has 2 aromatic rings. The molecule has 0 unspecified atom stereocenters. The predicted octanol–water partition coefficient (Wildman–Crippen LogP) is 3.74. The Labute approximate surface area is 167 Å². The topological polar surface area (TPSA) is 84.5 Å². The summed E-state index contributed by atoms with van der Waals surface area (Å²) < 4.78 is 33.2. The van der Waals surface area contributed by atoms with E-state index in [1.54, 1.807) is 19.1 Å². The lowest BCUT2D eigenvalue weighted by Gasteiger charge is -2.20. The number of rotatable bonds is 7. The molecule has 0 radical (unpaired) electrons. The minimum absolute atomic E-state index is 0.00779. The van der Waals surface area contributed by atoms with Crippen LogP contribution in [0.1, 0.15) is 43.4 Å². The Morgan fingerprint density at radius 2 is 1.75 bits per heavy atom. The first-order valence-electron chi connectivity index (χ1n) is 9.14. The molecule has 6 nitrogen and oxygen atoms in total. The Bertz CT molecular complexity index is 968. The van der Waals surface area contributed by atoms with Crippen molar-refractivity contribution in [3.63, 3.8) is 0 Å². The predicted molar refractivity (Wildman–Crippen MR) is 111 cm³/mol. The van der Waals surface area contributed by atoms with Crippen molar-refractivity contribution >= 4 is 21.6 Å². The fourth-order valence-corrected chi connectivity index (χ4v) is 4.37. The zero-order valence-corrected chi connectivity index (χ0v) is 18.0. The van der Waals surface area contributed by atoms with E-state index in [4.69, 9.17) is 4.74 Å². The number of carbonyl (C=O) groups excluding carboxylic acids is 1. The molecule has 28 heavy (non-hydrogen) atoms. The van der Waals surface area contributed by atoms with Gasteiger partial charge >= 0.3 is 0 Å². The van der Waals surface area contributed by atoms with E-state index in [2.05, 4.69) is 10.0 Å². The van der Waals surface area contributed by atoms with Crippen molar-refractivity contribution in [2.75, 3.05) is 12.4 Å². The van der Waals surface area contributed by atoms with Crippen molar-refractivity contribution in [2.24, 2.45) is 0 Å². The molecule has 0 saturated carbocycles. The Kier molecular flexibility index (Phi) is 6.85. The van der Waals surface area contributed by atoms with Gasteiger partial charge in [0.1, 0.15) is 10.6 Å². The van der Waals surface area contributed by atoms with Crippen molar-refractivity contribution in [1.82, 2.24) is 4.72 Å². The summed E-state index contributed by atoms with van der Waals surface area (Å²) in [6.45, 7) is 9.30. The molecular weight excluding hydrogens is 376 g/mol. The maximum atomic E-state index is 12.8. The van der Waals surface area contributed by atoms with E-state index < -0.39 is 22.0 Å². The molecule has 0 aromatic heterocycles. The van der Waals surface area contributed by atoms with E-state index in [0.29, 0.717) is 0 Å². The van der Waals surface area contributed by atoms with Gasteiger partial charge in [-0.05, 0) is 55.5 Å². The highest BCUT2D eigenvalue weighted by atomic mass is 32.2. The number of aryl methyl sites for hydroxylation is 2. The highest BCUT2D eigenvalue weighted by Crippen LogP contribution is 2.28. The number of nitrogens with one attached hydrogen (secondary N) is 2. The molecule has 2 aromatic carbocycles. The molecule has 1 amide bonds. The monoisotopic (exact) mass is 404 g/mol. The second-order valence-corrected chi connectivity index (χ2v) is 8.86. The first-order chi connectivity index (χ1) is 13.1. The van der Waals surface area contributed by atoms with Gasteiger partial charge in [-0.1, -0.05) is 38.1 Å². The molecule has 2 N–H and O–H groups in total. The first-order valence-corrected chi connectivity index (χ1v) is 10.6. The van der Waals surface area contributed by atoms with Crippen LogP contribution in [0.2, 0.25) is 0 Å². The lowest BCUT2D eigenvalue weighted by atomic mass is 9.98. The molecule has 0 aliphatic heterocycles. The van der Waals surface area contributed by atoms with Crippen LogP contribution in [-0.4, -0.2) is 27.5 Å². The van der Waals surface area contributed by atoms with E-state index in [-0.39, 0.29) is 16.6 Å². The van der Waals surface area contributed by atoms with Crippen LogP contribution in [0.4, 0.5) is 5.69 Å². The smallest absolute Gasteiger partial charge is 0.244 e. The summed E-state index contributed by atoms with van der Waals surface area (Å²) in [5, 5.41) is 2.88. The largest absolute Gasteiger partial charge is 0.495 e. The van der Waals surface area contributed by atoms with Crippen molar-refractivity contribution in [3.8, 4) is 5.75 Å². The molecule has 0 saturated heterocycles. The number of carbonyl (C=O) groups is 1. The van der Waals surface area contributed by atoms with Crippen LogP contribution >= 0.6 is 0 Å². The zero-order chi connectivity index (χ0) is 21.1. The van der Waals surface area contributed by atoms with E-state index in [0.717, 1.165) is 22.4 Å². The van der Waals surface area contributed by atoms with Gasteiger partial charge in [0.05, 0.1) is 13.2 Å². The molecule has 7 heteroatoms. The molecular formula is C21H28N2O4S. The van der Waals surface area contributed by atoms with E-state index >= 15 is 0 Å². The maximum Gasteiger partial charge on any atom is 0.244 e. The van der Waals surface area contributed by atoms with Crippen LogP contribution in [0.25, 0.3) is 0 Å². The summed E-state index contributed by atoms with van der Waals surface area (Å²) in [6.07, 6.45) is 0. The Morgan fingerprint density at radius 1 is 1.07 bits per heavy atom. The molecule has 2 rings (SSSR count). The highest BCUT2D eigenvalue weighted by molar-refractivity contribution is 7.89. The van der Waals surface area contributed by atoms with Gasteiger partial charge in [-0.3, -0.25) is 4.79 Å². The minimum Gasteiger partial charge on any atom is -0.495 e. The summed E-state index contributed by atoms with van der Waals surface area (Å²) in [5.41, 5.74) is 3.43. The lowest BCUT2D eigenvalue weighted by molar-refractivity contribution is -0.117. The average molecular weight is 405 g/mol. The second-order valence-electron chi connectivity index (χ2n) is 7.18. The molecule has 0 heterocycles. The number of hydrogen-bond acceptors (Lipinski definition) is 4. The maximum absolute atomic E-state index is 12.8. The van der Waals surface area contributed by atoms with Crippen molar-refractivity contribution in [1.29, 1.82) is 0 Å². The molecule has 152 valence electrons. The molecule has 0 aliphatic carbocycles. The number of ether oxygens (including phenoxy) is 1. The van der Waals surface area contributed by atoms with Crippen LogP contribution in [0, 0.1) is 13.8 Å². The highest BCUT2D eigenvalue weighted by Gasteiger charge is 2.26. The molecule has 0 aliphatic rings. The third kappa shape index (κ3) is 4.91. The lowest BCUT2D eigenvalue weighted by Crippen LogP contribution is -2.41. The van der Waals surface area contributed by atoms with Crippen molar-refractivity contribution < 1.29 is 17.9 Å². The minimum atomic E-state index is -3.93. The van der Waals surface area contributed by atoms with Crippen LogP contribution in [-0.2, 0) is 14.8 Å². The molecule has 0 bridgehead atoms. The first kappa shape index (κ1) is 21.9. The fraction of sp³-hybridized carbons (Fsp3) is 0.381. The number of hydrogen-bond donors (Lipinski definition) is 2. The normalized spacial score (nSPS) is 12.7. The summed E-state index contributed by atoms with van der Waals surface area (Å²) >= 11 is 0. The Morgan fingerprint density at radius 3 is 2.36 bits per heavy atom. The van der Waals surface area contributed by atoms with Gasteiger partial charge in [0, 0.05) is 5.69 Å². The SMILES string of the molecule is COc1ccc(C)cc1S(=O)(=O)N[C@@H](C)C(=O)Nc1c(C)cccc1C(C)C. The third-order valence-electron chi connectivity index (χ3n) is 4.51. The average Bonchev–Trinajstić information content (AvgIpc) is 2.62. The van der Waals surface area contributed by atoms with E-state index in [1.165, 1.54) is 20.1 Å². The number of sulfonamides is 1. The van der Waals surface area contributed by atoms with Crippen molar-refractivity contribution in [3.05, 3.63) is 53.1 Å². The van der Waals surface area contributed by atoms with Gasteiger partial charge < -0.3 is 10.1 Å². The van der Waals surface area contributed by atoms with Crippen molar-refractivity contribution in [2.45, 2.75) is 51.5 Å². The Hall–Kier alpha value is -2.38. The number of benzene rings is 2. The van der Waals surface area contributed by atoms with Crippen LogP contribution in [0.3, 0.4) is 0 Å².